The van der Waals surface area contributed by atoms with E-state index in [2.05, 4.69) is 6.58 Å². The smallest absolute Gasteiger partial charge is 0.410 e. The van der Waals surface area contributed by atoms with Crippen LogP contribution in [0, 0.1) is 10.1 Å². The third kappa shape index (κ3) is 4.43. The average Bonchev–Trinajstić information content (AvgIpc) is 2.65. The van der Waals surface area contributed by atoms with E-state index in [1.165, 1.54) is 11.0 Å². The zero-order chi connectivity index (χ0) is 20.2. The summed E-state index contributed by atoms with van der Waals surface area (Å²) in [5.41, 5.74) is -0.226. The van der Waals surface area contributed by atoms with Gasteiger partial charge in [-0.25, -0.2) is 13.2 Å². The summed E-state index contributed by atoms with van der Waals surface area (Å²) >= 11 is 0. The van der Waals surface area contributed by atoms with E-state index in [0.29, 0.717) is 0 Å². The minimum Gasteiger partial charge on any atom is -0.445 e. The first kappa shape index (κ1) is 20.8. The number of nitro benzene ring substituents is 1. The first-order chi connectivity index (χ1) is 12.7. The Hall–Kier alpha value is -2.50. The molecule has 1 aliphatic heterocycles. The highest BCUT2D eigenvalue weighted by Crippen LogP contribution is 2.25. The van der Waals surface area contributed by atoms with Gasteiger partial charge in [0, 0.05) is 31.3 Å². The highest BCUT2D eigenvalue weighted by atomic mass is 32.2. The normalized spacial score (nSPS) is 20.9. The predicted octanol–water partition coefficient (Wildman–Crippen LogP) is 0.973. The molecule has 1 saturated heterocycles. The second-order valence-electron chi connectivity index (χ2n) is 6.03. The Morgan fingerprint density at radius 1 is 1.41 bits per heavy atom. The summed E-state index contributed by atoms with van der Waals surface area (Å²) in [6.07, 6.45) is 0.801. The molecule has 27 heavy (non-hydrogen) atoms. The van der Waals surface area contributed by atoms with Crippen LogP contribution in [-0.2, 0) is 14.8 Å². The van der Waals surface area contributed by atoms with Crippen molar-refractivity contribution in [1.29, 1.82) is 0 Å². The van der Waals surface area contributed by atoms with Gasteiger partial charge < -0.3 is 14.7 Å². The van der Waals surface area contributed by atoms with E-state index in [1.807, 2.05) is 0 Å². The van der Waals surface area contributed by atoms with E-state index in [0.717, 1.165) is 28.6 Å². The fraction of sp³-hybridized carbons (Fsp3) is 0.438. The highest BCUT2D eigenvalue weighted by molar-refractivity contribution is 7.89. The Labute approximate surface area is 156 Å². The number of rotatable bonds is 6. The number of carbonyl (C=O) groups excluding carboxylic acids is 1. The maximum absolute atomic E-state index is 12.9. The molecule has 0 aliphatic carbocycles. The van der Waals surface area contributed by atoms with Crippen LogP contribution in [0.15, 0.2) is 41.8 Å². The number of non-ortho nitro benzene ring substituents is 1. The molecule has 0 bridgehead atoms. The molecule has 10 nitrogen and oxygen atoms in total. The van der Waals surface area contributed by atoms with Crippen LogP contribution in [-0.4, -0.2) is 72.1 Å². The number of ether oxygens (including phenoxy) is 1. The number of benzene rings is 1. The van der Waals surface area contributed by atoms with Gasteiger partial charge in [-0.3, -0.25) is 10.1 Å². The highest BCUT2D eigenvalue weighted by Gasteiger charge is 2.41. The summed E-state index contributed by atoms with van der Waals surface area (Å²) in [5, 5.41) is 20.4. The molecule has 2 atom stereocenters. The number of piperazine rings is 1. The molecule has 0 spiro atoms. The lowest BCUT2D eigenvalue weighted by molar-refractivity contribution is -0.384. The summed E-state index contributed by atoms with van der Waals surface area (Å²) in [7, 11) is -4.01. The van der Waals surface area contributed by atoms with Gasteiger partial charge in [-0.15, -0.1) is 0 Å². The number of nitro groups is 1. The number of hydrogen-bond donors (Lipinski definition) is 1. The number of sulfonamides is 1. The Morgan fingerprint density at radius 3 is 2.56 bits per heavy atom. The van der Waals surface area contributed by atoms with Crippen LogP contribution in [0.5, 0.6) is 0 Å². The molecule has 2 rings (SSSR count). The van der Waals surface area contributed by atoms with Gasteiger partial charge in [-0.2, -0.15) is 4.31 Å². The van der Waals surface area contributed by atoms with Gasteiger partial charge in [-0.05, 0) is 19.1 Å². The molecular weight excluding hydrogens is 378 g/mol. The number of hydrogen-bond acceptors (Lipinski definition) is 7. The standard InChI is InChI=1S/C16H21N3O7S/c1-3-8-26-16(21)17-10-14(11-20)18(9-12(17)2)27(24,25)15-6-4-13(5-7-15)19(22)23/h3-7,12,14,20H,1,8-11H2,2H3/t12-,14-/m0/s1. The molecule has 0 aromatic heterocycles. The van der Waals surface area contributed by atoms with Crippen molar-refractivity contribution >= 4 is 21.8 Å². The molecule has 11 heteroatoms. The molecular formula is C16H21N3O7S. The van der Waals surface area contributed by atoms with E-state index in [-0.39, 0.29) is 30.3 Å². The van der Waals surface area contributed by atoms with Crippen LogP contribution < -0.4 is 0 Å². The van der Waals surface area contributed by atoms with Crippen LogP contribution in [0.2, 0.25) is 0 Å². The third-order valence-corrected chi connectivity index (χ3v) is 6.15. The van der Waals surface area contributed by atoms with Gasteiger partial charge in [0.1, 0.15) is 6.61 Å². The van der Waals surface area contributed by atoms with Crippen molar-refractivity contribution in [3.05, 3.63) is 47.0 Å². The van der Waals surface area contributed by atoms with Crippen LogP contribution in [0.1, 0.15) is 6.92 Å². The Balaban J connectivity index is 2.25. The monoisotopic (exact) mass is 399 g/mol. The van der Waals surface area contributed by atoms with Crippen molar-refractivity contribution < 1.29 is 28.0 Å². The minimum absolute atomic E-state index is 0.0245. The zero-order valence-corrected chi connectivity index (χ0v) is 15.5. The summed E-state index contributed by atoms with van der Waals surface area (Å²) in [5.74, 6) is 0. The largest absolute Gasteiger partial charge is 0.445 e. The molecule has 1 aromatic rings. The van der Waals surface area contributed by atoms with E-state index < -0.39 is 39.7 Å². The van der Waals surface area contributed by atoms with Gasteiger partial charge in [-0.1, -0.05) is 12.7 Å². The lowest BCUT2D eigenvalue weighted by atomic mass is 10.1. The average molecular weight is 399 g/mol. The topological polar surface area (TPSA) is 130 Å². The number of carbonyl (C=O) groups is 1. The van der Waals surface area contributed by atoms with Gasteiger partial charge in [0.05, 0.1) is 22.5 Å². The Kier molecular flexibility index (Phi) is 6.52. The maximum Gasteiger partial charge on any atom is 0.410 e. The molecule has 0 saturated carbocycles. The lowest BCUT2D eigenvalue weighted by Gasteiger charge is -2.43. The van der Waals surface area contributed by atoms with Crippen LogP contribution in [0.4, 0.5) is 10.5 Å². The summed E-state index contributed by atoms with van der Waals surface area (Å²) < 4.78 is 32.0. The molecule has 148 valence electrons. The van der Waals surface area contributed by atoms with Crippen molar-refractivity contribution in [2.24, 2.45) is 0 Å². The van der Waals surface area contributed by atoms with Crippen LogP contribution in [0.3, 0.4) is 0 Å². The predicted molar refractivity (Wildman–Crippen MR) is 95.6 cm³/mol. The van der Waals surface area contributed by atoms with Crippen molar-refractivity contribution in [3.63, 3.8) is 0 Å². The SMILES string of the molecule is C=CCOC(=O)N1C[C@@H](CO)N(S(=O)(=O)c2ccc([N+](=O)[O-])cc2)C[C@@H]1C. The lowest BCUT2D eigenvalue weighted by Crippen LogP contribution is -2.61. The first-order valence-corrected chi connectivity index (χ1v) is 9.57. The number of amides is 1. The van der Waals surface area contributed by atoms with Crippen molar-refractivity contribution in [2.75, 3.05) is 26.3 Å². The molecule has 1 aliphatic rings. The van der Waals surface area contributed by atoms with E-state index in [1.54, 1.807) is 6.92 Å². The summed E-state index contributed by atoms with van der Waals surface area (Å²) in [4.78, 5) is 23.4. The molecule has 0 radical (unpaired) electrons. The van der Waals surface area contributed by atoms with Crippen LogP contribution >= 0.6 is 0 Å². The minimum atomic E-state index is -4.01. The van der Waals surface area contributed by atoms with Crippen molar-refractivity contribution in [1.82, 2.24) is 9.21 Å². The molecule has 1 amide bonds. The Morgan fingerprint density at radius 2 is 2.04 bits per heavy atom. The number of aliphatic hydroxyl groups is 1. The van der Waals surface area contributed by atoms with Gasteiger partial charge in [0.25, 0.3) is 5.69 Å². The quantitative estimate of drug-likeness (QED) is 0.428. The van der Waals surface area contributed by atoms with Gasteiger partial charge in [0.2, 0.25) is 10.0 Å². The van der Waals surface area contributed by atoms with Crippen molar-refractivity contribution in [3.8, 4) is 0 Å². The number of nitrogens with zero attached hydrogens (tertiary/aromatic N) is 3. The number of aliphatic hydroxyl groups excluding tert-OH is 1. The van der Waals surface area contributed by atoms with Crippen molar-refractivity contribution in [2.45, 2.75) is 23.9 Å². The molecule has 1 aromatic carbocycles. The third-order valence-electron chi connectivity index (χ3n) is 4.21. The van der Waals surface area contributed by atoms with E-state index in [9.17, 15) is 28.4 Å². The fourth-order valence-electron chi connectivity index (χ4n) is 2.79. The second-order valence-corrected chi connectivity index (χ2v) is 7.92. The van der Waals surface area contributed by atoms with Crippen LogP contribution in [0.25, 0.3) is 0 Å². The molecule has 0 unspecified atom stereocenters. The van der Waals surface area contributed by atoms with E-state index in [4.69, 9.17) is 4.74 Å². The van der Waals surface area contributed by atoms with Gasteiger partial charge in [0.15, 0.2) is 0 Å². The fourth-order valence-corrected chi connectivity index (χ4v) is 4.48. The zero-order valence-electron chi connectivity index (χ0n) is 14.7. The Bertz CT molecular complexity index is 810. The molecule has 1 fully saturated rings. The summed E-state index contributed by atoms with van der Waals surface area (Å²) in [6.45, 7) is 4.56. The second kappa shape index (κ2) is 8.46. The van der Waals surface area contributed by atoms with Gasteiger partial charge >= 0.3 is 6.09 Å². The molecule has 1 heterocycles. The maximum atomic E-state index is 12.9. The molecule has 1 N–H and O–H groups in total. The first-order valence-electron chi connectivity index (χ1n) is 8.13. The van der Waals surface area contributed by atoms with E-state index >= 15 is 0 Å². The summed E-state index contributed by atoms with van der Waals surface area (Å²) in [6, 6.07) is 3.16.